The van der Waals surface area contributed by atoms with Crippen molar-refractivity contribution in [2.24, 2.45) is 7.05 Å². The summed E-state index contributed by atoms with van der Waals surface area (Å²) in [6.45, 7) is 1.91. The number of methoxy groups -OCH3 is 1. The van der Waals surface area contributed by atoms with Crippen LogP contribution in [0.2, 0.25) is 0 Å². The Balaban J connectivity index is 1.47. The van der Waals surface area contributed by atoms with Crippen LogP contribution in [-0.2, 0) is 24.8 Å². The van der Waals surface area contributed by atoms with Crippen LogP contribution >= 0.6 is 11.3 Å². The molecule has 8 heteroatoms. The number of benzene rings is 1. The second-order valence-corrected chi connectivity index (χ2v) is 8.03. The van der Waals surface area contributed by atoms with Gasteiger partial charge in [0.2, 0.25) is 5.91 Å². The molecule has 4 aromatic rings. The van der Waals surface area contributed by atoms with E-state index < -0.39 is 0 Å². The number of hydrogen-bond acceptors (Lipinski definition) is 5. The Labute approximate surface area is 171 Å². The van der Waals surface area contributed by atoms with Gasteiger partial charge in [0.15, 0.2) is 0 Å². The number of hydrogen-bond donors (Lipinski definition) is 1. The zero-order valence-electron chi connectivity index (χ0n) is 16.5. The van der Waals surface area contributed by atoms with Gasteiger partial charge >= 0.3 is 0 Å². The van der Waals surface area contributed by atoms with Gasteiger partial charge in [0.05, 0.1) is 18.8 Å². The Kier molecular flexibility index (Phi) is 5.10. The predicted octanol–water partition coefficient (Wildman–Crippen LogP) is 2.71. The highest BCUT2D eigenvalue weighted by Gasteiger charge is 2.15. The van der Waals surface area contributed by atoms with Gasteiger partial charge in [-0.15, -0.1) is 11.3 Å². The van der Waals surface area contributed by atoms with Crippen molar-refractivity contribution in [1.29, 1.82) is 0 Å². The Morgan fingerprint density at radius 2 is 2.14 bits per heavy atom. The van der Waals surface area contributed by atoms with E-state index in [9.17, 15) is 9.59 Å². The third-order valence-corrected chi connectivity index (χ3v) is 5.80. The lowest BCUT2D eigenvalue weighted by Crippen LogP contribution is -2.38. The summed E-state index contributed by atoms with van der Waals surface area (Å²) in [5, 5.41) is 6.46. The Morgan fingerprint density at radius 1 is 1.31 bits per heavy atom. The molecule has 1 aromatic carbocycles. The normalized spacial score (nSPS) is 12.4. The molecule has 0 fully saturated rings. The number of carbonyl (C=O) groups is 1. The minimum Gasteiger partial charge on any atom is -0.497 e. The molecular formula is C21H22N4O3S. The fourth-order valence-corrected chi connectivity index (χ4v) is 4.33. The van der Waals surface area contributed by atoms with Gasteiger partial charge in [-0.1, -0.05) is 0 Å². The standard InChI is InChI=1S/C21H22N4O3S/c1-13(8-14-10-24(2)18-5-4-15(28-3)9-17(14)18)23-19(26)11-25-12-22-20-16(21(25)27)6-7-29-20/h4-7,9-10,12-13H,8,11H2,1-3H3,(H,23,26). The number of amides is 1. The van der Waals surface area contributed by atoms with Crippen molar-refractivity contribution in [3.05, 3.63) is 58.1 Å². The quantitative estimate of drug-likeness (QED) is 0.530. The van der Waals surface area contributed by atoms with Crippen molar-refractivity contribution in [2.45, 2.75) is 25.9 Å². The molecule has 0 aliphatic rings. The highest BCUT2D eigenvalue weighted by molar-refractivity contribution is 7.16. The number of carbonyl (C=O) groups excluding carboxylic acids is 1. The highest BCUT2D eigenvalue weighted by Crippen LogP contribution is 2.26. The maximum Gasteiger partial charge on any atom is 0.262 e. The minimum absolute atomic E-state index is 0.0503. The number of rotatable bonds is 6. The summed E-state index contributed by atoms with van der Waals surface area (Å²) >= 11 is 1.41. The average molecular weight is 410 g/mol. The number of aryl methyl sites for hydroxylation is 1. The molecule has 0 aliphatic carbocycles. The lowest BCUT2D eigenvalue weighted by atomic mass is 10.1. The molecule has 7 nitrogen and oxygen atoms in total. The first-order valence-electron chi connectivity index (χ1n) is 9.30. The summed E-state index contributed by atoms with van der Waals surface area (Å²) in [7, 11) is 3.65. The number of nitrogens with zero attached hydrogens (tertiary/aromatic N) is 3. The molecule has 1 unspecified atom stereocenters. The summed E-state index contributed by atoms with van der Waals surface area (Å²) in [4.78, 5) is 29.9. The maximum atomic E-state index is 12.5. The van der Waals surface area contributed by atoms with Crippen molar-refractivity contribution in [3.63, 3.8) is 0 Å². The number of aromatic nitrogens is 3. The molecule has 3 aromatic heterocycles. The molecule has 1 amide bonds. The lowest BCUT2D eigenvalue weighted by Gasteiger charge is -2.14. The summed E-state index contributed by atoms with van der Waals surface area (Å²) in [5.74, 6) is 0.589. The molecular weight excluding hydrogens is 388 g/mol. The first-order valence-corrected chi connectivity index (χ1v) is 10.2. The van der Waals surface area contributed by atoms with E-state index in [0.717, 1.165) is 22.2 Å². The van der Waals surface area contributed by atoms with Gasteiger partial charge in [-0.2, -0.15) is 0 Å². The number of fused-ring (bicyclic) bond motifs is 2. The molecule has 1 atom stereocenters. The molecule has 29 heavy (non-hydrogen) atoms. The molecule has 0 aliphatic heterocycles. The lowest BCUT2D eigenvalue weighted by molar-refractivity contribution is -0.122. The zero-order valence-corrected chi connectivity index (χ0v) is 17.3. The molecule has 4 rings (SSSR count). The van der Waals surface area contributed by atoms with Gasteiger partial charge in [-0.05, 0) is 48.6 Å². The van der Waals surface area contributed by atoms with Gasteiger partial charge in [0.1, 0.15) is 17.1 Å². The van der Waals surface area contributed by atoms with E-state index in [4.69, 9.17) is 4.74 Å². The number of nitrogens with one attached hydrogen (secondary N) is 1. The van der Waals surface area contributed by atoms with E-state index in [1.165, 1.54) is 22.2 Å². The number of ether oxygens (including phenoxy) is 1. The monoisotopic (exact) mass is 410 g/mol. The summed E-state index contributed by atoms with van der Waals surface area (Å²) in [5.41, 5.74) is 2.05. The van der Waals surface area contributed by atoms with Crippen LogP contribution in [0.15, 0.2) is 47.0 Å². The van der Waals surface area contributed by atoms with Crippen LogP contribution < -0.4 is 15.6 Å². The molecule has 0 saturated carbocycles. The zero-order chi connectivity index (χ0) is 20.5. The van der Waals surface area contributed by atoms with E-state index in [-0.39, 0.29) is 24.1 Å². The summed E-state index contributed by atoms with van der Waals surface area (Å²) in [6.07, 6.45) is 4.18. The van der Waals surface area contributed by atoms with Gasteiger partial charge in [-0.25, -0.2) is 4.98 Å². The van der Waals surface area contributed by atoms with Crippen LogP contribution in [0, 0.1) is 0 Å². The SMILES string of the molecule is COc1ccc2c(c1)c(CC(C)NC(=O)Cn1cnc3sccc3c1=O)cn2C. The van der Waals surface area contributed by atoms with Gasteiger partial charge in [0, 0.05) is 30.2 Å². The van der Waals surface area contributed by atoms with E-state index in [1.54, 1.807) is 13.2 Å². The van der Waals surface area contributed by atoms with Crippen molar-refractivity contribution in [1.82, 2.24) is 19.4 Å². The van der Waals surface area contributed by atoms with Gasteiger partial charge in [-0.3, -0.25) is 14.2 Å². The molecule has 1 N–H and O–H groups in total. The predicted molar refractivity (Wildman–Crippen MR) is 115 cm³/mol. The molecule has 0 radical (unpaired) electrons. The van der Waals surface area contributed by atoms with Crippen LogP contribution in [0.4, 0.5) is 0 Å². The number of thiophene rings is 1. The highest BCUT2D eigenvalue weighted by atomic mass is 32.1. The van der Waals surface area contributed by atoms with Crippen LogP contribution in [0.25, 0.3) is 21.1 Å². The fourth-order valence-electron chi connectivity index (χ4n) is 3.60. The topological polar surface area (TPSA) is 78.2 Å². The average Bonchev–Trinajstić information content (AvgIpc) is 3.29. The largest absolute Gasteiger partial charge is 0.497 e. The second kappa shape index (κ2) is 7.71. The first-order chi connectivity index (χ1) is 14.0. The van der Waals surface area contributed by atoms with Gasteiger partial charge < -0.3 is 14.6 Å². The van der Waals surface area contributed by atoms with Crippen LogP contribution in [-0.4, -0.2) is 33.2 Å². The van der Waals surface area contributed by atoms with Crippen molar-refractivity contribution >= 4 is 38.4 Å². The van der Waals surface area contributed by atoms with E-state index >= 15 is 0 Å². The molecule has 0 spiro atoms. The van der Waals surface area contributed by atoms with E-state index in [0.29, 0.717) is 16.6 Å². The van der Waals surface area contributed by atoms with E-state index in [2.05, 4.69) is 21.1 Å². The maximum absolute atomic E-state index is 12.5. The molecule has 3 heterocycles. The first kappa shape index (κ1) is 19.2. The smallest absolute Gasteiger partial charge is 0.262 e. The van der Waals surface area contributed by atoms with Crippen molar-refractivity contribution in [3.8, 4) is 5.75 Å². The van der Waals surface area contributed by atoms with Crippen molar-refractivity contribution in [2.75, 3.05) is 7.11 Å². The van der Waals surface area contributed by atoms with Crippen LogP contribution in [0.1, 0.15) is 12.5 Å². The fraction of sp³-hybridized carbons (Fsp3) is 0.286. The molecule has 0 bridgehead atoms. The second-order valence-electron chi connectivity index (χ2n) is 7.14. The molecule has 150 valence electrons. The van der Waals surface area contributed by atoms with E-state index in [1.807, 2.05) is 37.6 Å². The van der Waals surface area contributed by atoms with Gasteiger partial charge in [0.25, 0.3) is 5.56 Å². The summed E-state index contributed by atoms with van der Waals surface area (Å²) < 4.78 is 8.76. The summed E-state index contributed by atoms with van der Waals surface area (Å²) in [6, 6.07) is 7.63. The van der Waals surface area contributed by atoms with Crippen molar-refractivity contribution < 1.29 is 9.53 Å². The Hall–Kier alpha value is -3.13. The Bertz CT molecular complexity index is 1250. The minimum atomic E-state index is -0.214. The molecule has 0 saturated heterocycles. The van der Waals surface area contributed by atoms with Crippen LogP contribution in [0.5, 0.6) is 5.75 Å². The Morgan fingerprint density at radius 3 is 2.93 bits per heavy atom. The van der Waals surface area contributed by atoms with Crippen LogP contribution in [0.3, 0.4) is 0 Å². The third-order valence-electron chi connectivity index (χ3n) is 4.98. The third kappa shape index (κ3) is 3.75.